The lowest BCUT2D eigenvalue weighted by Gasteiger charge is -2.10. The first-order valence-electron chi connectivity index (χ1n) is 4.97. The average Bonchev–Trinajstić information content (AvgIpc) is 2.12. The minimum atomic E-state index is -1.47. The number of nitro benzene ring substituents is 1. The molecule has 0 amide bonds. The molecule has 1 aromatic carbocycles. The number of aliphatic carboxylic acids is 2. The molecule has 0 aliphatic carbocycles. The second kappa shape index (κ2) is 5.26. The average molecular weight is 251 g/mol. The maximum atomic E-state index is 10.8. The monoisotopic (exact) mass is 251 g/mol. The van der Waals surface area contributed by atoms with Gasteiger partial charge in [-0.15, -0.1) is 0 Å². The summed E-state index contributed by atoms with van der Waals surface area (Å²) < 4.78 is 0. The highest BCUT2D eigenvalue weighted by Gasteiger charge is 2.18. The fourth-order valence-corrected chi connectivity index (χ4v) is 1.75. The molecule has 0 bridgehead atoms. The summed E-state index contributed by atoms with van der Waals surface area (Å²) in [5.74, 6) is -2.81. The number of carboxylic acid groups (broad SMARTS) is 2. The number of hydrogen-bond acceptors (Lipinski definition) is 6. The Kier molecular flexibility index (Phi) is 3.98. The first-order valence-corrected chi connectivity index (χ1v) is 4.97. The van der Waals surface area contributed by atoms with Crippen LogP contribution in [-0.4, -0.2) is 16.9 Å². The molecule has 0 saturated heterocycles. The Morgan fingerprint density at radius 1 is 1.17 bits per heavy atom. The molecule has 0 aromatic heterocycles. The van der Waals surface area contributed by atoms with Crippen LogP contribution in [0.5, 0.6) is 0 Å². The van der Waals surface area contributed by atoms with E-state index in [2.05, 4.69) is 0 Å². The molecular formula is C11H9NO6-2. The zero-order valence-electron chi connectivity index (χ0n) is 9.47. The van der Waals surface area contributed by atoms with E-state index in [0.29, 0.717) is 0 Å². The highest BCUT2D eigenvalue weighted by atomic mass is 16.6. The lowest BCUT2D eigenvalue weighted by Crippen LogP contribution is -2.26. The van der Waals surface area contributed by atoms with Crippen LogP contribution in [0.1, 0.15) is 16.7 Å². The van der Waals surface area contributed by atoms with Gasteiger partial charge in [0, 0.05) is 35.9 Å². The minimum Gasteiger partial charge on any atom is -0.550 e. The van der Waals surface area contributed by atoms with E-state index in [-0.39, 0.29) is 22.4 Å². The van der Waals surface area contributed by atoms with Crippen molar-refractivity contribution in [3.8, 4) is 0 Å². The van der Waals surface area contributed by atoms with E-state index < -0.39 is 29.7 Å². The Labute approximate surface area is 102 Å². The van der Waals surface area contributed by atoms with Gasteiger partial charge in [0.25, 0.3) is 5.69 Å². The van der Waals surface area contributed by atoms with E-state index in [4.69, 9.17) is 0 Å². The van der Waals surface area contributed by atoms with E-state index in [1.165, 1.54) is 19.1 Å². The van der Waals surface area contributed by atoms with Gasteiger partial charge in [0.05, 0.1) is 4.92 Å². The number of rotatable bonds is 5. The number of hydrogen-bond donors (Lipinski definition) is 0. The first-order chi connectivity index (χ1) is 8.31. The van der Waals surface area contributed by atoms with Crippen LogP contribution in [0.25, 0.3) is 0 Å². The molecule has 0 fully saturated rings. The molecule has 0 saturated carbocycles. The Bertz CT molecular complexity index is 523. The van der Waals surface area contributed by atoms with E-state index in [1.54, 1.807) is 0 Å². The Balaban J connectivity index is 3.31. The van der Waals surface area contributed by atoms with Crippen LogP contribution in [0.3, 0.4) is 0 Å². The fourth-order valence-electron chi connectivity index (χ4n) is 1.75. The molecule has 96 valence electrons. The molecule has 18 heavy (non-hydrogen) atoms. The second-order valence-electron chi connectivity index (χ2n) is 3.78. The normalized spacial score (nSPS) is 10.1. The lowest BCUT2D eigenvalue weighted by atomic mass is 9.99. The number of nitrogens with zero attached hydrogens (tertiary/aromatic N) is 1. The van der Waals surface area contributed by atoms with Crippen molar-refractivity contribution >= 4 is 17.6 Å². The third kappa shape index (κ3) is 3.27. The van der Waals surface area contributed by atoms with Gasteiger partial charge in [-0.1, -0.05) is 0 Å². The summed E-state index contributed by atoms with van der Waals surface area (Å²) in [5, 5.41) is 31.8. The number of aryl methyl sites for hydroxylation is 1. The first kappa shape index (κ1) is 13.6. The molecule has 0 aliphatic heterocycles. The largest absolute Gasteiger partial charge is 0.550 e. The van der Waals surface area contributed by atoms with Gasteiger partial charge in [0.1, 0.15) is 0 Å². The topological polar surface area (TPSA) is 123 Å². The smallest absolute Gasteiger partial charge is 0.275 e. The summed E-state index contributed by atoms with van der Waals surface area (Å²) in [5.41, 5.74) is 0.0573. The van der Waals surface area contributed by atoms with Crippen molar-refractivity contribution < 1.29 is 24.7 Å². The van der Waals surface area contributed by atoms with Crippen molar-refractivity contribution in [3.63, 3.8) is 0 Å². The summed E-state index contributed by atoms with van der Waals surface area (Å²) in [4.78, 5) is 31.1. The van der Waals surface area contributed by atoms with E-state index >= 15 is 0 Å². The van der Waals surface area contributed by atoms with Gasteiger partial charge in [-0.3, -0.25) is 10.1 Å². The van der Waals surface area contributed by atoms with Gasteiger partial charge in [-0.25, -0.2) is 0 Å². The quantitative estimate of drug-likeness (QED) is 0.462. The molecule has 1 aromatic rings. The standard InChI is InChI=1S/C11H11NO6/c1-6-2-7(4-9(13)14)3-8(5-10(15)16)11(6)12(17)18/h2-3H,4-5H2,1H3,(H,13,14)(H,15,16)/p-2. The Hall–Kier alpha value is -2.44. The van der Waals surface area contributed by atoms with Crippen molar-refractivity contribution in [1.82, 2.24) is 0 Å². The van der Waals surface area contributed by atoms with Gasteiger partial charge in [0.15, 0.2) is 0 Å². The molecule has 7 nitrogen and oxygen atoms in total. The SMILES string of the molecule is Cc1cc(CC(=O)[O-])cc(CC(=O)[O-])c1[N+](=O)[O-]. The van der Waals surface area contributed by atoms with E-state index in [9.17, 15) is 29.9 Å². The number of carbonyl (C=O) groups is 2. The zero-order valence-corrected chi connectivity index (χ0v) is 9.47. The molecule has 0 aliphatic rings. The van der Waals surface area contributed by atoms with Crippen molar-refractivity contribution in [1.29, 1.82) is 0 Å². The molecule has 0 unspecified atom stereocenters. The summed E-state index contributed by atoms with van der Waals surface area (Å²) in [6.07, 6.45) is -1.07. The van der Waals surface area contributed by atoms with Gasteiger partial charge in [-0.05, 0) is 24.6 Å². The predicted molar refractivity (Wildman–Crippen MR) is 55.3 cm³/mol. The highest BCUT2D eigenvalue weighted by Crippen LogP contribution is 2.25. The maximum absolute atomic E-state index is 10.8. The number of benzene rings is 1. The van der Waals surface area contributed by atoms with Crippen LogP contribution in [0.4, 0.5) is 5.69 Å². The molecular weight excluding hydrogens is 242 g/mol. The summed E-state index contributed by atoms with van der Waals surface area (Å²) in [7, 11) is 0. The highest BCUT2D eigenvalue weighted by molar-refractivity contribution is 5.72. The Morgan fingerprint density at radius 2 is 1.72 bits per heavy atom. The van der Waals surface area contributed by atoms with Crippen LogP contribution >= 0.6 is 0 Å². The van der Waals surface area contributed by atoms with Gasteiger partial charge in [-0.2, -0.15) is 0 Å². The number of carboxylic acids is 2. The van der Waals surface area contributed by atoms with Gasteiger partial charge >= 0.3 is 0 Å². The van der Waals surface area contributed by atoms with Gasteiger partial charge < -0.3 is 19.8 Å². The summed E-state index contributed by atoms with van der Waals surface area (Å²) in [6.45, 7) is 1.41. The van der Waals surface area contributed by atoms with Crippen LogP contribution in [0.15, 0.2) is 12.1 Å². The summed E-state index contributed by atoms with van der Waals surface area (Å²) >= 11 is 0. The van der Waals surface area contributed by atoms with E-state index in [0.717, 1.165) is 0 Å². The third-order valence-electron chi connectivity index (χ3n) is 2.31. The number of carbonyl (C=O) groups excluding carboxylic acids is 2. The van der Waals surface area contributed by atoms with Crippen molar-refractivity contribution in [2.75, 3.05) is 0 Å². The van der Waals surface area contributed by atoms with Crippen LogP contribution < -0.4 is 10.2 Å². The van der Waals surface area contributed by atoms with E-state index in [1.807, 2.05) is 0 Å². The van der Waals surface area contributed by atoms with Crippen LogP contribution in [0.2, 0.25) is 0 Å². The zero-order chi connectivity index (χ0) is 13.9. The lowest BCUT2D eigenvalue weighted by molar-refractivity contribution is -0.386. The van der Waals surface area contributed by atoms with Gasteiger partial charge in [0.2, 0.25) is 0 Å². The summed E-state index contributed by atoms with van der Waals surface area (Å²) in [6, 6.07) is 2.50. The van der Waals surface area contributed by atoms with Crippen molar-refractivity contribution in [2.24, 2.45) is 0 Å². The molecule has 0 N–H and O–H groups in total. The van der Waals surface area contributed by atoms with Crippen molar-refractivity contribution in [3.05, 3.63) is 38.9 Å². The number of nitro groups is 1. The molecule has 0 radical (unpaired) electrons. The minimum absolute atomic E-state index is 0.0729. The van der Waals surface area contributed by atoms with Crippen molar-refractivity contribution in [2.45, 2.75) is 19.8 Å². The molecule has 0 heterocycles. The fraction of sp³-hybridized carbons (Fsp3) is 0.273. The second-order valence-corrected chi connectivity index (χ2v) is 3.78. The molecule has 0 atom stereocenters. The third-order valence-corrected chi connectivity index (χ3v) is 2.31. The maximum Gasteiger partial charge on any atom is 0.275 e. The Morgan fingerprint density at radius 3 is 2.17 bits per heavy atom. The predicted octanol–water partition coefficient (Wildman–Crippen LogP) is -1.51. The van der Waals surface area contributed by atoms with Crippen LogP contribution in [0, 0.1) is 17.0 Å². The molecule has 1 rings (SSSR count). The molecule has 0 spiro atoms. The van der Waals surface area contributed by atoms with Crippen LogP contribution in [-0.2, 0) is 22.4 Å². The molecule has 7 heteroatoms.